The molecule has 0 aromatic carbocycles. The van der Waals surface area contributed by atoms with Crippen LogP contribution in [0, 0.1) is 0 Å². The SMILES string of the molecule is O=C(CCCC1CSCC[N]1)N1CCCC1. The molecule has 2 rings (SSSR count). The van der Waals surface area contributed by atoms with Crippen LogP contribution in [0.4, 0.5) is 0 Å². The van der Waals surface area contributed by atoms with Crippen LogP contribution in [0.1, 0.15) is 32.1 Å². The topological polar surface area (TPSA) is 34.4 Å². The number of hydrogen-bond donors (Lipinski definition) is 0. The highest BCUT2D eigenvalue weighted by molar-refractivity contribution is 7.99. The molecule has 91 valence electrons. The van der Waals surface area contributed by atoms with E-state index in [-0.39, 0.29) is 0 Å². The molecule has 2 aliphatic heterocycles. The van der Waals surface area contributed by atoms with Gasteiger partial charge in [0.2, 0.25) is 5.91 Å². The van der Waals surface area contributed by atoms with Crippen molar-refractivity contribution in [1.29, 1.82) is 0 Å². The fourth-order valence-electron chi connectivity index (χ4n) is 2.36. The molecule has 2 heterocycles. The predicted molar refractivity (Wildman–Crippen MR) is 67.8 cm³/mol. The van der Waals surface area contributed by atoms with Crippen LogP contribution in [0.15, 0.2) is 0 Å². The lowest BCUT2D eigenvalue weighted by Crippen LogP contribution is -2.32. The van der Waals surface area contributed by atoms with Crippen molar-refractivity contribution in [3.05, 3.63) is 0 Å². The summed E-state index contributed by atoms with van der Waals surface area (Å²) >= 11 is 2.00. The van der Waals surface area contributed by atoms with Crippen LogP contribution in [0.25, 0.3) is 0 Å². The Balaban J connectivity index is 1.57. The average Bonchev–Trinajstić information content (AvgIpc) is 2.84. The number of carbonyl (C=O) groups excluding carboxylic acids is 1. The minimum Gasteiger partial charge on any atom is -0.343 e. The molecule has 4 heteroatoms. The Bertz CT molecular complexity index is 223. The van der Waals surface area contributed by atoms with E-state index in [1.165, 1.54) is 18.6 Å². The Morgan fingerprint density at radius 1 is 1.38 bits per heavy atom. The summed E-state index contributed by atoms with van der Waals surface area (Å²) in [6.45, 7) is 2.99. The summed E-state index contributed by atoms with van der Waals surface area (Å²) in [6, 6.07) is 0.519. The molecular weight excluding hydrogens is 220 g/mol. The van der Waals surface area contributed by atoms with Gasteiger partial charge >= 0.3 is 0 Å². The third-order valence-electron chi connectivity index (χ3n) is 3.32. The maximum absolute atomic E-state index is 11.8. The minimum absolute atomic E-state index is 0.362. The summed E-state index contributed by atoms with van der Waals surface area (Å²) in [5.41, 5.74) is 0. The van der Waals surface area contributed by atoms with Crippen molar-refractivity contribution >= 4 is 17.7 Å². The summed E-state index contributed by atoms with van der Waals surface area (Å²) in [6.07, 6.45) is 5.24. The van der Waals surface area contributed by atoms with Gasteiger partial charge in [-0.3, -0.25) is 4.79 Å². The van der Waals surface area contributed by atoms with Crippen molar-refractivity contribution in [2.45, 2.75) is 38.1 Å². The van der Waals surface area contributed by atoms with Gasteiger partial charge in [-0.2, -0.15) is 11.8 Å². The van der Waals surface area contributed by atoms with Gasteiger partial charge in [0.1, 0.15) is 0 Å². The molecule has 2 fully saturated rings. The Hall–Kier alpha value is -0.220. The van der Waals surface area contributed by atoms with E-state index in [2.05, 4.69) is 5.32 Å². The fourth-order valence-corrected chi connectivity index (χ4v) is 3.31. The van der Waals surface area contributed by atoms with E-state index in [0.717, 1.165) is 44.6 Å². The van der Waals surface area contributed by atoms with Crippen molar-refractivity contribution in [3.8, 4) is 0 Å². The zero-order chi connectivity index (χ0) is 11.2. The highest BCUT2D eigenvalue weighted by Gasteiger charge is 2.19. The van der Waals surface area contributed by atoms with Crippen molar-refractivity contribution in [2.24, 2.45) is 0 Å². The molecule has 16 heavy (non-hydrogen) atoms. The number of nitrogens with zero attached hydrogens (tertiary/aromatic N) is 2. The maximum Gasteiger partial charge on any atom is 0.222 e. The molecule has 0 saturated carbocycles. The highest BCUT2D eigenvalue weighted by atomic mass is 32.2. The number of thioether (sulfide) groups is 1. The number of hydrogen-bond acceptors (Lipinski definition) is 2. The van der Waals surface area contributed by atoms with Gasteiger partial charge in [0, 0.05) is 43.6 Å². The normalized spacial score (nSPS) is 26.0. The lowest BCUT2D eigenvalue weighted by molar-refractivity contribution is -0.130. The molecule has 0 aromatic rings. The van der Waals surface area contributed by atoms with Gasteiger partial charge in [0.25, 0.3) is 0 Å². The summed E-state index contributed by atoms with van der Waals surface area (Å²) in [5.74, 6) is 2.71. The summed E-state index contributed by atoms with van der Waals surface area (Å²) < 4.78 is 0. The van der Waals surface area contributed by atoms with Crippen LogP contribution in [0.2, 0.25) is 0 Å². The molecule has 1 amide bonds. The van der Waals surface area contributed by atoms with Crippen molar-refractivity contribution < 1.29 is 4.79 Å². The molecule has 3 nitrogen and oxygen atoms in total. The quantitative estimate of drug-likeness (QED) is 0.747. The van der Waals surface area contributed by atoms with Crippen molar-refractivity contribution in [2.75, 3.05) is 31.1 Å². The Kier molecular flexibility index (Phi) is 4.97. The Morgan fingerprint density at radius 3 is 2.88 bits per heavy atom. The number of carbonyl (C=O) groups is 1. The van der Waals surface area contributed by atoms with E-state index in [1.807, 2.05) is 16.7 Å². The Labute approximate surface area is 102 Å². The first-order valence-electron chi connectivity index (χ1n) is 6.38. The van der Waals surface area contributed by atoms with Crippen LogP contribution in [0.5, 0.6) is 0 Å². The number of amides is 1. The third kappa shape index (κ3) is 3.67. The van der Waals surface area contributed by atoms with Gasteiger partial charge in [-0.1, -0.05) is 0 Å². The van der Waals surface area contributed by atoms with E-state index in [1.54, 1.807) is 0 Å². The molecule has 0 bridgehead atoms. The van der Waals surface area contributed by atoms with Crippen LogP contribution in [-0.4, -0.2) is 48.0 Å². The second-order valence-electron chi connectivity index (χ2n) is 4.62. The predicted octanol–water partition coefficient (Wildman–Crippen LogP) is 1.50. The monoisotopic (exact) mass is 241 g/mol. The fraction of sp³-hybridized carbons (Fsp3) is 0.917. The standard InChI is InChI=1S/C12H21N2OS/c15-12(14-7-1-2-8-14)5-3-4-11-10-16-9-6-13-11/h11H,1-10H2. The van der Waals surface area contributed by atoms with Gasteiger partial charge in [-0.25, -0.2) is 5.32 Å². The van der Waals surface area contributed by atoms with E-state index < -0.39 is 0 Å². The second kappa shape index (κ2) is 6.50. The first kappa shape index (κ1) is 12.2. The molecule has 2 aliphatic rings. The zero-order valence-electron chi connectivity index (χ0n) is 9.86. The Morgan fingerprint density at radius 2 is 2.19 bits per heavy atom. The highest BCUT2D eigenvalue weighted by Crippen LogP contribution is 2.15. The molecule has 1 atom stereocenters. The van der Waals surface area contributed by atoms with Crippen molar-refractivity contribution in [1.82, 2.24) is 10.2 Å². The smallest absolute Gasteiger partial charge is 0.222 e. The number of likely N-dealkylation sites (tertiary alicyclic amines) is 1. The van der Waals surface area contributed by atoms with E-state index in [0.29, 0.717) is 11.9 Å². The summed E-state index contributed by atoms with van der Waals surface area (Å²) in [4.78, 5) is 13.8. The molecule has 0 N–H and O–H groups in total. The van der Waals surface area contributed by atoms with Crippen LogP contribution in [-0.2, 0) is 4.79 Å². The number of rotatable bonds is 4. The van der Waals surface area contributed by atoms with Crippen molar-refractivity contribution in [3.63, 3.8) is 0 Å². The maximum atomic E-state index is 11.8. The molecule has 0 aliphatic carbocycles. The molecule has 1 radical (unpaired) electrons. The van der Waals surface area contributed by atoms with Gasteiger partial charge in [-0.15, -0.1) is 0 Å². The molecule has 1 unspecified atom stereocenters. The average molecular weight is 241 g/mol. The van der Waals surface area contributed by atoms with Gasteiger partial charge in [0.15, 0.2) is 0 Å². The minimum atomic E-state index is 0.362. The molecule has 0 spiro atoms. The van der Waals surface area contributed by atoms with E-state index >= 15 is 0 Å². The summed E-state index contributed by atoms with van der Waals surface area (Å²) in [7, 11) is 0. The second-order valence-corrected chi connectivity index (χ2v) is 5.76. The van der Waals surface area contributed by atoms with Gasteiger partial charge < -0.3 is 4.90 Å². The third-order valence-corrected chi connectivity index (χ3v) is 4.41. The lowest BCUT2D eigenvalue weighted by Gasteiger charge is -2.21. The first-order chi connectivity index (χ1) is 7.86. The molecule has 2 saturated heterocycles. The first-order valence-corrected chi connectivity index (χ1v) is 7.54. The van der Waals surface area contributed by atoms with Crippen LogP contribution >= 0.6 is 11.8 Å². The molecule has 0 aromatic heterocycles. The van der Waals surface area contributed by atoms with E-state index in [4.69, 9.17) is 0 Å². The lowest BCUT2D eigenvalue weighted by atomic mass is 10.1. The largest absolute Gasteiger partial charge is 0.343 e. The zero-order valence-corrected chi connectivity index (χ0v) is 10.7. The summed E-state index contributed by atoms with van der Waals surface area (Å²) in [5, 5.41) is 4.58. The van der Waals surface area contributed by atoms with E-state index in [9.17, 15) is 4.79 Å². The van der Waals surface area contributed by atoms with Crippen LogP contribution in [0.3, 0.4) is 0 Å². The van der Waals surface area contributed by atoms with Gasteiger partial charge in [0.05, 0.1) is 0 Å². The van der Waals surface area contributed by atoms with Crippen LogP contribution < -0.4 is 5.32 Å². The van der Waals surface area contributed by atoms with Gasteiger partial charge in [-0.05, 0) is 25.7 Å². The molecular formula is C12H21N2OS.